The lowest BCUT2D eigenvalue weighted by Crippen LogP contribution is -2.43. The summed E-state index contributed by atoms with van der Waals surface area (Å²) >= 11 is 6.64. The topological polar surface area (TPSA) is 237 Å². The van der Waals surface area contributed by atoms with Crippen LogP contribution in [0.25, 0.3) is 10.8 Å². The van der Waals surface area contributed by atoms with Gasteiger partial charge in [-0.15, -0.1) is 16.7 Å². The molecule has 0 spiro atoms. The zero-order valence-corrected chi connectivity index (χ0v) is 41.5. The van der Waals surface area contributed by atoms with Crippen molar-refractivity contribution in [2.45, 2.75) is 70.4 Å². The van der Waals surface area contributed by atoms with E-state index in [1.54, 1.807) is 53.3 Å². The molecule has 0 saturated carbocycles. The Balaban J connectivity index is 0.948. The van der Waals surface area contributed by atoms with Crippen molar-refractivity contribution in [3.8, 4) is 11.5 Å². The molecule has 73 heavy (non-hydrogen) atoms. The Bertz CT molecular complexity index is 2780. The monoisotopic (exact) mass is 1020 g/mol. The molecule has 1 aliphatic carbocycles. The van der Waals surface area contributed by atoms with Crippen LogP contribution in [0.1, 0.15) is 72.9 Å². The number of allylic oxidation sites excluding steroid dienone is 2. The molecule has 5 aliphatic rings. The van der Waals surface area contributed by atoms with Gasteiger partial charge in [-0.3, -0.25) is 24.2 Å². The van der Waals surface area contributed by atoms with Gasteiger partial charge in [0.05, 0.1) is 43.2 Å². The maximum absolute atomic E-state index is 14.6. The molecule has 1 unspecified atom stereocenters. The van der Waals surface area contributed by atoms with Crippen LogP contribution in [0.5, 0.6) is 11.5 Å². The number of benzene rings is 3. The van der Waals surface area contributed by atoms with Gasteiger partial charge in [0.25, 0.3) is 23.6 Å². The van der Waals surface area contributed by atoms with E-state index >= 15 is 0 Å². The predicted octanol–water partition coefficient (Wildman–Crippen LogP) is 5.44. The summed E-state index contributed by atoms with van der Waals surface area (Å²) in [5.41, 5.74) is 2.02. The summed E-state index contributed by atoms with van der Waals surface area (Å²) in [7, 11) is 1.52. The van der Waals surface area contributed by atoms with Crippen molar-refractivity contribution in [3.63, 3.8) is 0 Å². The number of carbonyl (C=O) groups is 7. The molecule has 8 rings (SSSR count). The van der Waals surface area contributed by atoms with Gasteiger partial charge < -0.3 is 54.2 Å². The first-order chi connectivity index (χ1) is 35.1. The highest BCUT2D eigenvalue weighted by Gasteiger charge is 2.43. The van der Waals surface area contributed by atoms with Gasteiger partial charge in [0.1, 0.15) is 29.5 Å². The number of alkyl halides is 1. The fourth-order valence-corrected chi connectivity index (χ4v) is 9.61. The van der Waals surface area contributed by atoms with Crippen molar-refractivity contribution >= 4 is 75.7 Å². The molecular formula is C52H58ClN7O13. The molecule has 4 aliphatic heterocycles. The van der Waals surface area contributed by atoms with Crippen molar-refractivity contribution in [2.75, 3.05) is 70.4 Å². The number of aliphatic hydroxyl groups excluding tert-OH is 1. The van der Waals surface area contributed by atoms with E-state index in [2.05, 4.69) is 5.32 Å². The number of rotatable bonds is 16. The smallest absolute Gasteiger partial charge is 0.415 e. The summed E-state index contributed by atoms with van der Waals surface area (Å²) in [6.07, 6.45) is 7.79. The van der Waals surface area contributed by atoms with E-state index in [9.17, 15) is 43.8 Å². The first-order valence-corrected chi connectivity index (χ1v) is 24.7. The predicted molar refractivity (Wildman–Crippen MR) is 267 cm³/mol. The van der Waals surface area contributed by atoms with Crippen LogP contribution in [-0.2, 0) is 33.5 Å². The number of imide groups is 1. The summed E-state index contributed by atoms with van der Waals surface area (Å²) in [5, 5.41) is 23.8. The van der Waals surface area contributed by atoms with Gasteiger partial charge in [-0.25, -0.2) is 14.4 Å². The molecule has 3 aromatic rings. The number of hydroxylamine groups is 2. The number of nitrogens with zero attached hydrogens (tertiary/aromatic N) is 6. The van der Waals surface area contributed by atoms with Crippen molar-refractivity contribution in [1.82, 2.24) is 25.1 Å². The van der Waals surface area contributed by atoms with E-state index in [4.69, 9.17) is 35.6 Å². The number of carbonyl (C=O) groups excluding carboxylic acids is 7. The fourth-order valence-electron chi connectivity index (χ4n) is 9.36. The number of aromatic hydroxyl groups is 1. The minimum atomic E-state index is -1.06. The summed E-state index contributed by atoms with van der Waals surface area (Å²) in [6, 6.07) is 12.3. The van der Waals surface area contributed by atoms with Crippen LogP contribution < -0.4 is 15.0 Å². The Hall–Kier alpha value is -7.29. The fraction of sp³-hybridized carbons (Fsp3) is 0.423. The lowest BCUT2D eigenvalue weighted by molar-refractivity contribution is -0.205. The molecule has 3 aromatic carbocycles. The first-order valence-electron chi connectivity index (χ1n) is 24.2. The molecule has 3 N–H and O–H groups in total. The van der Waals surface area contributed by atoms with E-state index in [-0.39, 0.29) is 113 Å². The normalized spacial score (nSPS) is 21.7. The third-order valence-corrected chi connectivity index (χ3v) is 13.9. The molecule has 386 valence electrons. The van der Waals surface area contributed by atoms with Crippen molar-refractivity contribution in [3.05, 3.63) is 101 Å². The Kier molecular flexibility index (Phi) is 16.1. The molecule has 1 saturated heterocycles. The van der Waals surface area contributed by atoms with E-state index < -0.39 is 47.5 Å². The quantitative estimate of drug-likeness (QED) is 0.0702. The molecular weight excluding hydrogens is 966 g/mol. The van der Waals surface area contributed by atoms with Crippen molar-refractivity contribution in [1.29, 1.82) is 0 Å². The number of aliphatic hydroxyl groups is 1. The van der Waals surface area contributed by atoms with Gasteiger partial charge in [0.15, 0.2) is 0 Å². The number of hydrogen-bond acceptors (Lipinski definition) is 15. The van der Waals surface area contributed by atoms with Crippen LogP contribution in [-0.4, -0.2) is 155 Å². The Morgan fingerprint density at radius 3 is 2.47 bits per heavy atom. The van der Waals surface area contributed by atoms with Gasteiger partial charge in [-0.2, -0.15) is 0 Å². The van der Waals surface area contributed by atoms with Gasteiger partial charge in [-0.05, 0) is 98.5 Å². The second-order valence-electron chi connectivity index (χ2n) is 18.7. The van der Waals surface area contributed by atoms with Crippen LogP contribution in [0.2, 0.25) is 0 Å². The van der Waals surface area contributed by atoms with Gasteiger partial charge in [-0.1, -0.05) is 24.3 Å². The number of amides is 6. The number of likely N-dealkylation sites (N-methyl/N-ethyl adjacent to an activating group) is 1. The van der Waals surface area contributed by atoms with Crippen LogP contribution in [0.4, 0.5) is 15.3 Å². The number of aliphatic imine (C=N–C) groups is 1. The maximum Gasteiger partial charge on any atom is 0.415 e. The highest BCUT2D eigenvalue weighted by molar-refractivity contribution is 6.19. The zero-order chi connectivity index (χ0) is 52.0. The molecule has 4 atom stereocenters. The number of fused-ring (bicyclic) bond motifs is 4. The molecule has 20 nitrogen and oxygen atoms in total. The number of anilines is 1. The van der Waals surface area contributed by atoms with Gasteiger partial charge in [0, 0.05) is 81.1 Å². The third kappa shape index (κ3) is 11.7. The minimum Gasteiger partial charge on any atom is -0.508 e. The average molecular weight is 1020 g/mol. The number of hydrogen-bond donors (Lipinski definition) is 3. The van der Waals surface area contributed by atoms with Crippen molar-refractivity contribution in [2.24, 2.45) is 10.4 Å². The highest BCUT2D eigenvalue weighted by Crippen LogP contribution is 2.47. The van der Waals surface area contributed by atoms with E-state index in [0.717, 1.165) is 16.5 Å². The third-order valence-electron chi connectivity index (χ3n) is 13.6. The summed E-state index contributed by atoms with van der Waals surface area (Å²) in [5.74, 6) is -1.82. The minimum absolute atomic E-state index is 0.00753. The largest absolute Gasteiger partial charge is 0.508 e. The number of halogens is 1. The second kappa shape index (κ2) is 22.6. The number of phenolic OH excluding ortho intramolecular Hbond substituents is 1. The Labute approximate surface area is 426 Å². The number of amidine groups is 1. The SMILES string of the molecule is Cc1cccc2c(OC(=O)N(CCOCCO)CCN(C)C(=O)O[C@H]3/C=C/CC[C@@](C)(C(=O)ON4C(=O)CCC4=O)CC3)cc3c(c12)[C@H](CCl)CN3C(=O)C1CN2C=C(NC(=O)c3ccc(O)cc3)C=CC2=N1. The zero-order valence-electron chi connectivity index (χ0n) is 40.8. The van der Waals surface area contributed by atoms with Crippen LogP contribution >= 0.6 is 11.6 Å². The molecule has 6 amide bonds. The van der Waals surface area contributed by atoms with Gasteiger partial charge in [0.2, 0.25) is 0 Å². The van der Waals surface area contributed by atoms with Crippen molar-refractivity contribution < 1.29 is 62.8 Å². The Morgan fingerprint density at radius 1 is 0.959 bits per heavy atom. The summed E-state index contributed by atoms with van der Waals surface area (Å²) < 4.78 is 17.6. The Morgan fingerprint density at radius 2 is 1.73 bits per heavy atom. The summed E-state index contributed by atoms with van der Waals surface area (Å²) in [6.45, 7) is 3.93. The lowest BCUT2D eigenvalue weighted by Gasteiger charge is -2.31. The molecule has 0 bridgehead atoms. The standard InChI is InChI=1S/C52H58ClN7O13/c1-32-7-6-9-38-41(27-40-46(45(32)38)34(28-53)29-59(40)48(66)39-31-58-30-35(12-15-42(58)55-39)54-47(65)33-10-13-36(62)14-11-33)72-51(69)57(23-25-70-26-24-61)22-21-56(3)50(68)71-37-8-4-5-19-52(2,20-18-37)49(67)73-60-43(63)16-17-44(60)64/h4,6-15,27,30,34,37,39,61-62H,5,16-26,28-29,31H2,1-3H3,(H,54,65)/b8-4+/t34-,37+,39?,52-/m1/s1. The lowest BCUT2D eigenvalue weighted by atomic mass is 9.79. The van der Waals surface area contributed by atoms with Crippen LogP contribution in [0.15, 0.2) is 89.7 Å². The van der Waals surface area contributed by atoms with E-state index in [0.29, 0.717) is 46.1 Å². The molecule has 0 aromatic heterocycles. The number of ether oxygens (including phenoxy) is 3. The van der Waals surface area contributed by atoms with Gasteiger partial charge >= 0.3 is 18.2 Å². The van der Waals surface area contributed by atoms with Crippen LogP contribution in [0, 0.1) is 12.3 Å². The van der Waals surface area contributed by atoms with E-state index in [1.807, 2.05) is 25.1 Å². The number of nitrogens with one attached hydrogen (secondary N) is 1. The molecule has 0 radical (unpaired) electrons. The number of phenols is 1. The average Bonchev–Trinajstić information content (AvgIpc) is 4.07. The maximum atomic E-state index is 14.6. The molecule has 4 heterocycles. The molecule has 21 heteroatoms. The molecule has 1 fully saturated rings. The first kappa shape index (κ1) is 52.0. The second-order valence-corrected chi connectivity index (χ2v) is 19.0. The highest BCUT2D eigenvalue weighted by atomic mass is 35.5. The number of aryl methyl sites for hydroxylation is 1. The van der Waals surface area contributed by atoms with E-state index in [1.165, 1.54) is 41.1 Å². The summed E-state index contributed by atoms with van der Waals surface area (Å²) in [4.78, 5) is 109. The van der Waals surface area contributed by atoms with Crippen LogP contribution in [0.3, 0.4) is 0 Å².